The quantitative estimate of drug-likeness (QED) is 0.639. The Morgan fingerprint density at radius 1 is 1.52 bits per heavy atom. The van der Waals surface area contributed by atoms with E-state index in [0.717, 1.165) is 0 Å². The maximum Gasteiger partial charge on any atom is 0.333 e. The molecule has 2 rings (SSSR count). The minimum Gasteiger partial charge on any atom is -0.484 e. The number of anilines is 1. The number of nitro groups is 1. The number of nitro benzene ring substituents is 1. The van der Waals surface area contributed by atoms with Gasteiger partial charge in [0.15, 0.2) is 5.75 Å². The summed E-state index contributed by atoms with van der Waals surface area (Å²) >= 11 is 0. The molecule has 1 heterocycles. The van der Waals surface area contributed by atoms with E-state index in [1.165, 1.54) is 0 Å². The Balaban J connectivity index is 2.20. The molecule has 0 radical (unpaired) electrons. The number of carboxylic acid groups (broad SMARTS) is 1. The van der Waals surface area contributed by atoms with Gasteiger partial charge in [0.05, 0.1) is 17.4 Å². The molecule has 0 unspecified atom stereocenters. The SMILES string of the molecule is CC(C)Oc1cccc(N2CC(CC(=O)O)C2)c1[N+](=O)[O-]. The van der Waals surface area contributed by atoms with Crippen molar-refractivity contribution in [2.45, 2.75) is 26.4 Å². The molecule has 1 aromatic carbocycles. The molecule has 21 heavy (non-hydrogen) atoms. The summed E-state index contributed by atoms with van der Waals surface area (Å²) in [5.74, 6) is -0.558. The number of ether oxygens (including phenoxy) is 1. The molecule has 1 aliphatic heterocycles. The summed E-state index contributed by atoms with van der Waals surface area (Å²) < 4.78 is 5.49. The minimum atomic E-state index is -0.842. The highest BCUT2D eigenvalue weighted by Crippen LogP contribution is 2.40. The van der Waals surface area contributed by atoms with E-state index in [1.807, 2.05) is 18.7 Å². The molecule has 0 aromatic heterocycles. The molecule has 7 heteroatoms. The lowest BCUT2D eigenvalue weighted by Gasteiger charge is -2.40. The summed E-state index contributed by atoms with van der Waals surface area (Å²) in [6, 6.07) is 4.96. The largest absolute Gasteiger partial charge is 0.484 e. The zero-order chi connectivity index (χ0) is 15.6. The van der Waals surface area contributed by atoms with Crippen molar-refractivity contribution < 1.29 is 19.6 Å². The third kappa shape index (κ3) is 3.42. The maximum atomic E-state index is 11.3. The van der Waals surface area contributed by atoms with Crippen molar-refractivity contribution in [3.63, 3.8) is 0 Å². The van der Waals surface area contributed by atoms with Crippen LogP contribution in [-0.4, -0.2) is 35.2 Å². The Labute approximate surface area is 122 Å². The number of carboxylic acids is 1. The third-order valence-corrected chi connectivity index (χ3v) is 3.28. The molecule has 0 atom stereocenters. The number of carbonyl (C=O) groups is 1. The van der Waals surface area contributed by atoms with Gasteiger partial charge in [-0.15, -0.1) is 0 Å². The van der Waals surface area contributed by atoms with Crippen LogP contribution < -0.4 is 9.64 Å². The smallest absolute Gasteiger partial charge is 0.333 e. The van der Waals surface area contributed by atoms with Crippen LogP contribution in [0.4, 0.5) is 11.4 Å². The number of hydrogen-bond donors (Lipinski definition) is 1. The van der Waals surface area contributed by atoms with Gasteiger partial charge in [-0.2, -0.15) is 0 Å². The Hall–Kier alpha value is -2.31. The molecule has 1 saturated heterocycles. The fraction of sp³-hybridized carbons (Fsp3) is 0.500. The van der Waals surface area contributed by atoms with Gasteiger partial charge in [0, 0.05) is 19.0 Å². The van der Waals surface area contributed by atoms with Crippen molar-refractivity contribution in [1.29, 1.82) is 0 Å². The first-order valence-electron chi connectivity index (χ1n) is 6.79. The van der Waals surface area contributed by atoms with E-state index in [-0.39, 0.29) is 29.9 Å². The van der Waals surface area contributed by atoms with Crippen LogP contribution in [0.3, 0.4) is 0 Å². The second kappa shape index (κ2) is 5.99. The Morgan fingerprint density at radius 2 is 2.19 bits per heavy atom. The Bertz CT molecular complexity index is 552. The molecule has 0 bridgehead atoms. The molecule has 0 spiro atoms. The van der Waals surface area contributed by atoms with Crippen LogP contribution in [0.2, 0.25) is 0 Å². The van der Waals surface area contributed by atoms with Crippen LogP contribution in [0.1, 0.15) is 20.3 Å². The summed E-state index contributed by atoms with van der Waals surface area (Å²) in [5, 5.41) is 20.1. The first kappa shape index (κ1) is 15.1. The number of aliphatic carboxylic acids is 1. The third-order valence-electron chi connectivity index (χ3n) is 3.28. The lowest BCUT2D eigenvalue weighted by molar-refractivity contribution is -0.385. The highest BCUT2D eigenvalue weighted by atomic mass is 16.6. The number of benzene rings is 1. The van der Waals surface area contributed by atoms with Crippen molar-refractivity contribution in [3.8, 4) is 5.75 Å². The Kier molecular flexibility index (Phi) is 4.30. The Morgan fingerprint density at radius 3 is 2.71 bits per heavy atom. The zero-order valence-electron chi connectivity index (χ0n) is 12.0. The molecule has 1 aliphatic rings. The van der Waals surface area contributed by atoms with Crippen LogP contribution in [0.25, 0.3) is 0 Å². The number of nitrogens with zero attached hydrogens (tertiary/aromatic N) is 2. The summed E-state index contributed by atoms with van der Waals surface area (Å²) in [6.07, 6.45) is -0.0676. The molecule has 114 valence electrons. The average Bonchev–Trinajstić information content (AvgIpc) is 2.31. The summed E-state index contributed by atoms with van der Waals surface area (Å²) in [4.78, 5) is 23.4. The van der Waals surface area contributed by atoms with Gasteiger partial charge in [-0.25, -0.2) is 0 Å². The minimum absolute atomic E-state index is 0.0387. The van der Waals surface area contributed by atoms with Crippen LogP contribution in [0.15, 0.2) is 18.2 Å². The van der Waals surface area contributed by atoms with Crippen LogP contribution in [-0.2, 0) is 4.79 Å². The van der Waals surface area contributed by atoms with Gasteiger partial charge in [-0.05, 0) is 26.0 Å². The number of rotatable bonds is 6. The summed E-state index contributed by atoms with van der Waals surface area (Å²) in [7, 11) is 0. The van der Waals surface area contributed by atoms with E-state index in [4.69, 9.17) is 9.84 Å². The second-order valence-electron chi connectivity index (χ2n) is 5.42. The normalized spacial score (nSPS) is 14.9. The van der Waals surface area contributed by atoms with Crippen molar-refractivity contribution in [1.82, 2.24) is 0 Å². The van der Waals surface area contributed by atoms with Crippen molar-refractivity contribution in [2.75, 3.05) is 18.0 Å². The van der Waals surface area contributed by atoms with E-state index in [1.54, 1.807) is 18.2 Å². The van der Waals surface area contributed by atoms with E-state index in [2.05, 4.69) is 0 Å². The van der Waals surface area contributed by atoms with Crippen molar-refractivity contribution in [3.05, 3.63) is 28.3 Å². The van der Waals surface area contributed by atoms with Gasteiger partial charge < -0.3 is 14.7 Å². The van der Waals surface area contributed by atoms with Crippen LogP contribution in [0, 0.1) is 16.0 Å². The van der Waals surface area contributed by atoms with Crippen LogP contribution in [0.5, 0.6) is 5.75 Å². The van der Waals surface area contributed by atoms with Gasteiger partial charge >= 0.3 is 11.7 Å². The maximum absolute atomic E-state index is 11.3. The van der Waals surface area contributed by atoms with E-state index >= 15 is 0 Å². The average molecular weight is 294 g/mol. The molecule has 0 aliphatic carbocycles. The molecular formula is C14H18N2O5. The van der Waals surface area contributed by atoms with Crippen molar-refractivity contribution >= 4 is 17.3 Å². The van der Waals surface area contributed by atoms with Gasteiger partial charge in [0.2, 0.25) is 0 Å². The van der Waals surface area contributed by atoms with E-state index in [0.29, 0.717) is 18.8 Å². The topological polar surface area (TPSA) is 92.9 Å². The van der Waals surface area contributed by atoms with Gasteiger partial charge in [0.1, 0.15) is 5.69 Å². The lowest BCUT2D eigenvalue weighted by Crippen LogP contribution is -2.47. The van der Waals surface area contributed by atoms with Gasteiger partial charge in [0.25, 0.3) is 0 Å². The van der Waals surface area contributed by atoms with E-state index < -0.39 is 10.9 Å². The highest BCUT2D eigenvalue weighted by molar-refractivity contribution is 5.72. The molecule has 1 fully saturated rings. The van der Waals surface area contributed by atoms with Gasteiger partial charge in [-0.3, -0.25) is 14.9 Å². The number of hydrogen-bond acceptors (Lipinski definition) is 5. The fourth-order valence-corrected chi connectivity index (χ4v) is 2.44. The standard InChI is InChI=1S/C14H18N2O5/c1-9(2)21-12-5-3-4-11(14(12)16(19)20)15-7-10(8-15)6-13(17)18/h3-5,9-10H,6-8H2,1-2H3,(H,17,18). The monoisotopic (exact) mass is 294 g/mol. The molecule has 1 N–H and O–H groups in total. The molecule has 1 aromatic rings. The zero-order valence-corrected chi connectivity index (χ0v) is 12.0. The molecular weight excluding hydrogens is 276 g/mol. The van der Waals surface area contributed by atoms with E-state index in [9.17, 15) is 14.9 Å². The summed E-state index contributed by atoms with van der Waals surface area (Å²) in [5.41, 5.74) is 0.430. The lowest BCUT2D eigenvalue weighted by atomic mass is 9.95. The van der Waals surface area contributed by atoms with Crippen molar-refractivity contribution in [2.24, 2.45) is 5.92 Å². The highest BCUT2D eigenvalue weighted by Gasteiger charge is 2.34. The predicted octanol–water partition coefficient (Wildman–Crippen LogP) is 2.29. The van der Waals surface area contributed by atoms with Gasteiger partial charge in [-0.1, -0.05) is 6.07 Å². The second-order valence-corrected chi connectivity index (χ2v) is 5.42. The first-order chi connectivity index (χ1) is 9.88. The first-order valence-corrected chi connectivity index (χ1v) is 6.79. The molecule has 0 amide bonds. The number of para-hydroxylation sites is 1. The summed E-state index contributed by atoms with van der Waals surface area (Å²) in [6.45, 7) is 4.64. The van der Waals surface area contributed by atoms with Crippen LogP contribution >= 0.6 is 0 Å². The molecule has 0 saturated carbocycles. The predicted molar refractivity (Wildman–Crippen MR) is 76.8 cm³/mol. The molecule has 7 nitrogen and oxygen atoms in total. The fourth-order valence-electron chi connectivity index (χ4n) is 2.44.